The summed E-state index contributed by atoms with van der Waals surface area (Å²) in [7, 11) is 0. The van der Waals surface area contributed by atoms with Gasteiger partial charge in [0.15, 0.2) is 0 Å². The van der Waals surface area contributed by atoms with Crippen molar-refractivity contribution in [1.82, 2.24) is 5.32 Å². The summed E-state index contributed by atoms with van der Waals surface area (Å²) in [4.78, 5) is 0. The first-order valence-corrected chi connectivity index (χ1v) is 7.85. The summed E-state index contributed by atoms with van der Waals surface area (Å²) < 4.78 is 19.5. The summed E-state index contributed by atoms with van der Waals surface area (Å²) in [5, 5.41) is 3.26. The Morgan fingerprint density at radius 1 is 1.25 bits per heavy atom. The van der Waals surface area contributed by atoms with Gasteiger partial charge in [0, 0.05) is 18.7 Å². The lowest BCUT2D eigenvalue weighted by Crippen LogP contribution is -2.14. The third kappa shape index (κ3) is 4.88. The van der Waals surface area contributed by atoms with Crippen molar-refractivity contribution in [3.05, 3.63) is 35.1 Å². The Morgan fingerprint density at radius 3 is 2.80 bits per heavy atom. The first-order valence-electron chi connectivity index (χ1n) is 7.85. The van der Waals surface area contributed by atoms with Crippen molar-refractivity contribution in [3.63, 3.8) is 0 Å². The van der Waals surface area contributed by atoms with Crippen LogP contribution in [0.1, 0.15) is 50.2 Å². The quantitative estimate of drug-likeness (QED) is 0.813. The molecule has 1 aromatic rings. The Balaban J connectivity index is 1.81. The van der Waals surface area contributed by atoms with Gasteiger partial charge in [-0.2, -0.15) is 0 Å². The largest absolute Gasteiger partial charge is 0.376 e. The van der Waals surface area contributed by atoms with Crippen molar-refractivity contribution in [1.29, 1.82) is 0 Å². The fraction of sp³-hybridized carbons (Fsp3) is 0.647. The molecule has 0 radical (unpaired) electrons. The molecule has 112 valence electrons. The van der Waals surface area contributed by atoms with E-state index in [0.29, 0.717) is 18.1 Å². The van der Waals surface area contributed by atoms with E-state index in [1.54, 1.807) is 6.07 Å². The molecule has 2 rings (SSSR count). The Morgan fingerprint density at radius 2 is 2.05 bits per heavy atom. The smallest absolute Gasteiger partial charge is 0.128 e. The van der Waals surface area contributed by atoms with Gasteiger partial charge in [-0.1, -0.05) is 32.3 Å². The fourth-order valence-electron chi connectivity index (χ4n) is 2.81. The molecule has 1 fully saturated rings. The summed E-state index contributed by atoms with van der Waals surface area (Å²) in [6, 6.07) is 5.30. The van der Waals surface area contributed by atoms with Crippen LogP contribution in [0.15, 0.2) is 18.2 Å². The number of hydrogen-bond acceptors (Lipinski definition) is 2. The van der Waals surface area contributed by atoms with Gasteiger partial charge < -0.3 is 10.1 Å². The van der Waals surface area contributed by atoms with Gasteiger partial charge in [0.2, 0.25) is 0 Å². The SMILES string of the molecule is CCNCc1ccc(F)c(COCC2CCCCC2)c1. The molecule has 1 aliphatic carbocycles. The molecular formula is C17H26FNO. The lowest BCUT2D eigenvalue weighted by molar-refractivity contribution is 0.0722. The molecule has 1 saturated carbocycles. The second-order valence-corrected chi connectivity index (χ2v) is 5.73. The predicted molar refractivity (Wildman–Crippen MR) is 80.0 cm³/mol. The van der Waals surface area contributed by atoms with E-state index in [2.05, 4.69) is 12.2 Å². The van der Waals surface area contributed by atoms with Crippen LogP contribution in [0.25, 0.3) is 0 Å². The fourth-order valence-corrected chi connectivity index (χ4v) is 2.81. The van der Waals surface area contributed by atoms with Gasteiger partial charge in [-0.15, -0.1) is 0 Å². The van der Waals surface area contributed by atoms with Gasteiger partial charge in [-0.3, -0.25) is 0 Å². The van der Waals surface area contributed by atoms with Crippen LogP contribution in [0, 0.1) is 11.7 Å². The molecule has 1 aromatic carbocycles. The highest BCUT2D eigenvalue weighted by atomic mass is 19.1. The van der Waals surface area contributed by atoms with Gasteiger partial charge in [0.05, 0.1) is 6.61 Å². The summed E-state index contributed by atoms with van der Waals surface area (Å²) in [6.07, 6.45) is 6.53. The van der Waals surface area contributed by atoms with E-state index in [-0.39, 0.29) is 5.82 Å². The Hall–Kier alpha value is -0.930. The lowest BCUT2D eigenvalue weighted by Gasteiger charge is -2.21. The van der Waals surface area contributed by atoms with E-state index in [1.165, 1.54) is 32.1 Å². The topological polar surface area (TPSA) is 21.3 Å². The minimum absolute atomic E-state index is 0.158. The summed E-state index contributed by atoms with van der Waals surface area (Å²) in [6.45, 7) is 4.94. The van der Waals surface area contributed by atoms with E-state index >= 15 is 0 Å². The minimum Gasteiger partial charge on any atom is -0.376 e. The maximum Gasteiger partial charge on any atom is 0.128 e. The van der Waals surface area contributed by atoms with Gasteiger partial charge in [0.1, 0.15) is 5.82 Å². The number of benzene rings is 1. The normalized spacial score (nSPS) is 16.5. The van der Waals surface area contributed by atoms with Crippen LogP contribution in [0.2, 0.25) is 0 Å². The summed E-state index contributed by atoms with van der Waals surface area (Å²) in [5.74, 6) is 0.519. The van der Waals surface area contributed by atoms with Crippen LogP contribution in [-0.4, -0.2) is 13.2 Å². The number of rotatable bonds is 7. The van der Waals surface area contributed by atoms with Crippen molar-refractivity contribution in [2.75, 3.05) is 13.2 Å². The van der Waals surface area contributed by atoms with Gasteiger partial charge in [-0.05, 0) is 43.0 Å². The third-order valence-electron chi connectivity index (χ3n) is 4.03. The lowest BCUT2D eigenvalue weighted by atomic mass is 9.90. The average Bonchev–Trinajstić information content (AvgIpc) is 2.49. The summed E-state index contributed by atoms with van der Waals surface area (Å²) >= 11 is 0. The standard InChI is InChI=1S/C17H26FNO/c1-2-19-11-15-8-9-17(18)16(10-15)13-20-12-14-6-4-3-5-7-14/h8-10,14,19H,2-7,11-13H2,1H3. The van der Waals surface area contributed by atoms with E-state index in [4.69, 9.17) is 4.74 Å². The molecule has 0 unspecified atom stereocenters. The molecule has 0 aliphatic heterocycles. The van der Waals surface area contributed by atoms with Gasteiger partial charge in [-0.25, -0.2) is 4.39 Å². The predicted octanol–water partition coefficient (Wildman–Crippen LogP) is 4.03. The molecule has 0 heterocycles. The molecule has 2 nitrogen and oxygen atoms in total. The molecule has 0 amide bonds. The molecule has 3 heteroatoms. The van der Waals surface area contributed by atoms with Crippen molar-refractivity contribution in [3.8, 4) is 0 Å². The van der Waals surface area contributed by atoms with Crippen LogP contribution in [0.3, 0.4) is 0 Å². The Bertz CT molecular complexity index is 402. The van der Waals surface area contributed by atoms with E-state index < -0.39 is 0 Å². The summed E-state index contributed by atoms with van der Waals surface area (Å²) in [5.41, 5.74) is 1.79. The highest BCUT2D eigenvalue weighted by molar-refractivity contribution is 5.24. The number of nitrogens with one attached hydrogen (secondary N) is 1. The van der Waals surface area contributed by atoms with E-state index in [0.717, 1.165) is 25.3 Å². The van der Waals surface area contributed by atoms with Crippen LogP contribution >= 0.6 is 0 Å². The van der Waals surface area contributed by atoms with Gasteiger partial charge in [0.25, 0.3) is 0 Å². The molecule has 0 saturated heterocycles. The molecule has 0 bridgehead atoms. The Kier molecular flexibility index (Phi) is 6.48. The van der Waals surface area contributed by atoms with Crippen molar-refractivity contribution >= 4 is 0 Å². The molecule has 0 spiro atoms. The third-order valence-corrected chi connectivity index (χ3v) is 4.03. The number of halogens is 1. The highest BCUT2D eigenvalue weighted by Crippen LogP contribution is 2.24. The average molecular weight is 279 g/mol. The second-order valence-electron chi connectivity index (χ2n) is 5.73. The molecule has 20 heavy (non-hydrogen) atoms. The Labute approximate surface area is 121 Å². The molecule has 1 aliphatic rings. The maximum atomic E-state index is 13.8. The van der Waals surface area contributed by atoms with E-state index in [1.807, 2.05) is 12.1 Å². The zero-order valence-electron chi connectivity index (χ0n) is 12.5. The first kappa shape index (κ1) is 15.5. The van der Waals surface area contributed by atoms with Crippen LogP contribution in [0.5, 0.6) is 0 Å². The van der Waals surface area contributed by atoms with Crippen LogP contribution < -0.4 is 5.32 Å². The second kappa shape index (κ2) is 8.38. The zero-order chi connectivity index (χ0) is 14.2. The molecule has 1 N–H and O–H groups in total. The van der Waals surface area contributed by atoms with Crippen LogP contribution in [-0.2, 0) is 17.9 Å². The number of ether oxygens (including phenoxy) is 1. The molecular weight excluding hydrogens is 253 g/mol. The minimum atomic E-state index is -0.158. The van der Waals surface area contributed by atoms with E-state index in [9.17, 15) is 4.39 Å². The van der Waals surface area contributed by atoms with Crippen molar-refractivity contribution in [2.24, 2.45) is 5.92 Å². The van der Waals surface area contributed by atoms with Crippen molar-refractivity contribution < 1.29 is 9.13 Å². The molecule has 0 aromatic heterocycles. The maximum absolute atomic E-state index is 13.8. The van der Waals surface area contributed by atoms with Crippen LogP contribution in [0.4, 0.5) is 4.39 Å². The van der Waals surface area contributed by atoms with Crippen molar-refractivity contribution in [2.45, 2.75) is 52.2 Å². The molecule has 0 atom stereocenters. The monoisotopic (exact) mass is 279 g/mol. The van der Waals surface area contributed by atoms with Gasteiger partial charge >= 0.3 is 0 Å². The number of hydrogen-bond donors (Lipinski definition) is 1. The highest BCUT2D eigenvalue weighted by Gasteiger charge is 2.13. The zero-order valence-corrected chi connectivity index (χ0v) is 12.5. The first-order chi connectivity index (χ1) is 9.79.